The van der Waals surface area contributed by atoms with Crippen LogP contribution in [0, 0.1) is 11.8 Å². The number of fused-ring (bicyclic) bond motifs is 5. The van der Waals surface area contributed by atoms with E-state index in [9.17, 15) is 14.4 Å². The zero-order chi connectivity index (χ0) is 37.9. The highest BCUT2D eigenvalue weighted by atomic mass is 16.6. The number of carbonyl (C=O) groups excluding carboxylic acids is 3. The molecule has 2 saturated heterocycles. The summed E-state index contributed by atoms with van der Waals surface area (Å²) in [5, 5.41) is 4.93. The van der Waals surface area contributed by atoms with E-state index in [0.29, 0.717) is 12.5 Å². The fourth-order valence-corrected chi connectivity index (χ4v) is 8.75. The van der Waals surface area contributed by atoms with E-state index in [0.717, 1.165) is 87.9 Å². The van der Waals surface area contributed by atoms with Crippen LogP contribution in [0.15, 0.2) is 60.8 Å². The Morgan fingerprint density at radius 1 is 0.926 bits per heavy atom. The van der Waals surface area contributed by atoms with Gasteiger partial charge in [0, 0.05) is 18.0 Å². The van der Waals surface area contributed by atoms with Gasteiger partial charge in [-0.25, -0.2) is 19.6 Å². The van der Waals surface area contributed by atoms with Gasteiger partial charge in [0.05, 0.1) is 42.1 Å². The number of rotatable bonds is 7. The Morgan fingerprint density at radius 3 is 2.43 bits per heavy atom. The molecular weight excluding hydrogens is 683 g/mol. The maximum absolute atomic E-state index is 14.0. The number of aromatic nitrogens is 4. The maximum Gasteiger partial charge on any atom is 0.410 e. The molecule has 12 nitrogen and oxygen atoms in total. The molecule has 1 saturated carbocycles. The standard InChI is InChI=1S/C42H49N7O5/c1-23(2)34(47-40(51)53-6)39(50)49-29-16-13-28(21-29)36(49)38-44-31-18-15-27-20-26(14-17-30(27)35(31)46-38)24-9-11-25(12-10-24)32-22-43-37(45-32)33-8-7-19-48(33)41(52)54-42(3,4)5/h9-12,14-15,17-18,20,22-23,28-29,33-34,36H,7-8,13,16,19,21H2,1-6H3,(H,43,45)(H,44,46)(H,47,51)/t28-,29+,33?,34-,36-/m0/s1. The molecule has 8 rings (SSSR count). The third kappa shape index (κ3) is 6.56. The number of methoxy groups -OCH3 is 1. The number of piperidine rings is 1. The number of amides is 3. The van der Waals surface area contributed by atoms with Crippen LogP contribution in [-0.2, 0) is 14.3 Å². The zero-order valence-electron chi connectivity index (χ0n) is 31.8. The Bertz CT molecular complexity index is 2220. The van der Waals surface area contributed by atoms with Crippen LogP contribution in [0.1, 0.15) is 90.5 Å². The van der Waals surface area contributed by atoms with Crippen molar-refractivity contribution in [3.63, 3.8) is 0 Å². The number of benzene rings is 3. The van der Waals surface area contributed by atoms with Gasteiger partial charge in [0.15, 0.2) is 0 Å². The lowest BCUT2D eigenvalue weighted by molar-refractivity contribution is -0.139. The molecule has 54 heavy (non-hydrogen) atoms. The predicted molar refractivity (Wildman–Crippen MR) is 206 cm³/mol. The van der Waals surface area contributed by atoms with E-state index in [1.165, 1.54) is 7.11 Å². The highest BCUT2D eigenvalue weighted by Crippen LogP contribution is 2.50. The SMILES string of the molecule is COC(=O)N[C@H](C(=O)N1[C@@H]2CC[C@@H](C2)[C@H]1c1nc2ccc3cc(-c4ccc(-c5cnc(C6CCCN6C(=O)OC(C)(C)C)[nH]5)cc4)ccc3c2[nH]1)C(C)C. The zero-order valence-corrected chi connectivity index (χ0v) is 31.8. The van der Waals surface area contributed by atoms with Gasteiger partial charge in [-0.15, -0.1) is 0 Å². The highest BCUT2D eigenvalue weighted by molar-refractivity contribution is 6.05. The van der Waals surface area contributed by atoms with Gasteiger partial charge < -0.3 is 29.7 Å². The van der Waals surface area contributed by atoms with Crippen LogP contribution < -0.4 is 5.32 Å². The Balaban J connectivity index is 1.02. The van der Waals surface area contributed by atoms with Crippen LogP contribution in [0.4, 0.5) is 9.59 Å². The number of nitrogens with one attached hydrogen (secondary N) is 3. The summed E-state index contributed by atoms with van der Waals surface area (Å²) in [6.07, 6.45) is 5.62. The van der Waals surface area contributed by atoms with Gasteiger partial charge in [-0.2, -0.15) is 0 Å². The second-order valence-electron chi connectivity index (χ2n) is 16.4. The molecule has 0 spiro atoms. The van der Waals surface area contributed by atoms with Gasteiger partial charge in [-0.05, 0) is 98.9 Å². The van der Waals surface area contributed by atoms with Crippen molar-refractivity contribution in [1.82, 2.24) is 35.1 Å². The predicted octanol–water partition coefficient (Wildman–Crippen LogP) is 8.28. The van der Waals surface area contributed by atoms with E-state index >= 15 is 0 Å². The van der Waals surface area contributed by atoms with Crippen LogP contribution in [-0.4, -0.2) is 79.2 Å². The number of hydrogen-bond acceptors (Lipinski definition) is 7. The molecule has 5 aromatic rings. The molecule has 0 radical (unpaired) electrons. The van der Waals surface area contributed by atoms with E-state index in [2.05, 4.69) is 68.8 Å². The maximum atomic E-state index is 14.0. The molecule has 1 unspecified atom stereocenters. The van der Waals surface area contributed by atoms with Crippen molar-refractivity contribution in [1.29, 1.82) is 0 Å². The first-order valence-electron chi connectivity index (χ1n) is 19.1. The number of alkyl carbamates (subject to hydrolysis) is 1. The first kappa shape index (κ1) is 35.6. The van der Waals surface area contributed by atoms with E-state index in [1.54, 1.807) is 4.90 Å². The second kappa shape index (κ2) is 13.8. The van der Waals surface area contributed by atoms with Crippen molar-refractivity contribution in [3.8, 4) is 22.4 Å². The molecule has 4 heterocycles. The first-order valence-corrected chi connectivity index (χ1v) is 19.1. The molecule has 3 amide bonds. The van der Waals surface area contributed by atoms with Gasteiger partial charge >= 0.3 is 12.2 Å². The summed E-state index contributed by atoms with van der Waals surface area (Å²) in [6.45, 7) is 10.2. The molecule has 3 aromatic carbocycles. The minimum absolute atomic E-state index is 0.0831. The summed E-state index contributed by atoms with van der Waals surface area (Å²) in [6, 6.07) is 18.2. The van der Waals surface area contributed by atoms with Crippen molar-refractivity contribution >= 4 is 39.9 Å². The molecule has 3 N–H and O–H groups in total. The number of carbonyl (C=O) groups is 3. The van der Waals surface area contributed by atoms with Gasteiger partial charge in [0.1, 0.15) is 23.3 Å². The lowest BCUT2D eigenvalue weighted by Gasteiger charge is -2.37. The number of ether oxygens (including phenoxy) is 2. The largest absolute Gasteiger partial charge is 0.453 e. The fourth-order valence-electron chi connectivity index (χ4n) is 8.75. The molecule has 2 aliphatic heterocycles. The number of H-pyrrole nitrogens is 2. The van der Waals surface area contributed by atoms with Gasteiger partial charge in [0.2, 0.25) is 5.91 Å². The molecule has 3 aliphatic rings. The molecule has 2 bridgehead atoms. The summed E-state index contributed by atoms with van der Waals surface area (Å²) in [7, 11) is 1.31. The third-order valence-electron chi connectivity index (χ3n) is 11.3. The van der Waals surface area contributed by atoms with Gasteiger partial charge in [-0.1, -0.05) is 56.3 Å². The first-order chi connectivity index (χ1) is 25.9. The average molecular weight is 732 g/mol. The fraction of sp³-hybridized carbons (Fsp3) is 0.452. The quantitative estimate of drug-likeness (QED) is 0.153. The summed E-state index contributed by atoms with van der Waals surface area (Å²) in [5.41, 5.74) is 5.37. The van der Waals surface area contributed by atoms with Gasteiger partial charge in [0.25, 0.3) is 0 Å². The smallest absolute Gasteiger partial charge is 0.410 e. The lowest BCUT2D eigenvalue weighted by Crippen LogP contribution is -2.54. The molecule has 1 aliphatic carbocycles. The van der Waals surface area contributed by atoms with Crippen LogP contribution in [0.5, 0.6) is 0 Å². The Kier molecular flexibility index (Phi) is 9.10. The van der Waals surface area contributed by atoms with E-state index in [-0.39, 0.29) is 36.0 Å². The Labute approximate surface area is 315 Å². The van der Waals surface area contributed by atoms with Crippen LogP contribution in [0.25, 0.3) is 44.2 Å². The topological polar surface area (TPSA) is 146 Å². The normalized spacial score (nSPS) is 21.7. The number of likely N-dealkylation sites (tertiary alicyclic amines) is 2. The average Bonchev–Trinajstić information content (AvgIpc) is 4.00. The molecule has 5 atom stereocenters. The van der Waals surface area contributed by atoms with Gasteiger partial charge in [-0.3, -0.25) is 9.69 Å². The van der Waals surface area contributed by atoms with Crippen molar-refractivity contribution < 1.29 is 23.9 Å². The van der Waals surface area contributed by atoms with Crippen LogP contribution in [0.3, 0.4) is 0 Å². The third-order valence-corrected chi connectivity index (χ3v) is 11.3. The summed E-state index contributed by atoms with van der Waals surface area (Å²) < 4.78 is 10.5. The molecule has 282 valence electrons. The van der Waals surface area contributed by atoms with Crippen molar-refractivity contribution in [2.24, 2.45) is 11.8 Å². The van der Waals surface area contributed by atoms with Crippen molar-refractivity contribution in [2.75, 3.05) is 13.7 Å². The monoisotopic (exact) mass is 731 g/mol. The molecule has 2 aromatic heterocycles. The van der Waals surface area contributed by atoms with E-state index < -0.39 is 17.7 Å². The molecule has 12 heteroatoms. The number of aromatic amines is 2. The van der Waals surface area contributed by atoms with E-state index in [4.69, 9.17) is 14.5 Å². The van der Waals surface area contributed by atoms with E-state index in [1.807, 2.05) is 51.8 Å². The Morgan fingerprint density at radius 2 is 1.69 bits per heavy atom. The van der Waals surface area contributed by atoms with Crippen LogP contribution >= 0.6 is 0 Å². The minimum Gasteiger partial charge on any atom is -0.453 e. The Hall–Kier alpha value is -5.39. The number of hydrogen-bond donors (Lipinski definition) is 3. The summed E-state index contributed by atoms with van der Waals surface area (Å²) in [4.78, 5) is 59.6. The van der Waals surface area contributed by atoms with Crippen molar-refractivity contribution in [3.05, 3.63) is 72.4 Å². The lowest BCUT2D eigenvalue weighted by atomic mass is 9.95. The highest BCUT2D eigenvalue weighted by Gasteiger charge is 2.51. The second-order valence-corrected chi connectivity index (χ2v) is 16.4. The molecule has 3 fully saturated rings. The minimum atomic E-state index is -0.678. The summed E-state index contributed by atoms with van der Waals surface area (Å²) in [5.74, 6) is 1.70. The number of imidazole rings is 2. The summed E-state index contributed by atoms with van der Waals surface area (Å²) >= 11 is 0. The van der Waals surface area contributed by atoms with Crippen LogP contribution in [0.2, 0.25) is 0 Å². The number of nitrogens with zero attached hydrogens (tertiary/aromatic N) is 4. The molecular formula is C42H49N7O5. The van der Waals surface area contributed by atoms with Crippen molar-refractivity contribution in [2.45, 2.75) is 96.5 Å².